The summed E-state index contributed by atoms with van der Waals surface area (Å²) in [4.78, 5) is 12.1. The van der Waals surface area contributed by atoms with Crippen LogP contribution in [-0.2, 0) is 0 Å². The molecule has 2 N–H and O–H groups in total. The lowest BCUT2D eigenvalue weighted by atomic mass is 10.2. The molecule has 0 aliphatic carbocycles. The number of amides is 1. The summed E-state index contributed by atoms with van der Waals surface area (Å²) in [5, 5.41) is 6.04. The van der Waals surface area contributed by atoms with E-state index in [1.165, 1.54) is 0 Å². The van der Waals surface area contributed by atoms with Crippen LogP contribution in [0.25, 0.3) is 0 Å². The molecule has 2 rings (SSSR count). The monoisotopic (exact) mass is 330 g/mol. The maximum Gasteiger partial charge on any atom is 0.255 e. The number of carbonyl (C=O) groups is 1. The minimum Gasteiger partial charge on any atom is -0.382 e. The zero-order valence-corrected chi connectivity index (χ0v) is 12.5. The minimum absolute atomic E-state index is 0.127. The summed E-state index contributed by atoms with van der Waals surface area (Å²) in [5.41, 5.74) is 2.37. The van der Waals surface area contributed by atoms with Gasteiger partial charge >= 0.3 is 0 Å². The van der Waals surface area contributed by atoms with Crippen LogP contribution in [0.5, 0.6) is 0 Å². The van der Waals surface area contributed by atoms with Crippen molar-refractivity contribution in [1.29, 1.82) is 0 Å². The Morgan fingerprint density at radius 1 is 1.15 bits per heavy atom. The summed E-state index contributed by atoms with van der Waals surface area (Å²) >= 11 is 3.35. The summed E-state index contributed by atoms with van der Waals surface area (Å²) in [5.74, 6) is -0.127. The van der Waals surface area contributed by atoms with Gasteiger partial charge in [-0.15, -0.1) is 6.58 Å². The number of halogens is 1. The van der Waals surface area contributed by atoms with Gasteiger partial charge in [0.15, 0.2) is 0 Å². The largest absolute Gasteiger partial charge is 0.382 e. The molecule has 0 unspecified atom stereocenters. The van der Waals surface area contributed by atoms with E-state index in [4.69, 9.17) is 0 Å². The summed E-state index contributed by atoms with van der Waals surface area (Å²) in [6, 6.07) is 14.8. The second-order valence-corrected chi connectivity index (χ2v) is 5.13. The van der Waals surface area contributed by atoms with Crippen LogP contribution in [0, 0.1) is 0 Å². The van der Waals surface area contributed by atoms with E-state index in [0.29, 0.717) is 12.1 Å². The van der Waals surface area contributed by atoms with Crippen LogP contribution in [0.2, 0.25) is 0 Å². The topological polar surface area (TPSA) is 41.1 Å². The second-order valence-electron chi connectivity index (χ2n) is 4.21. The molecule has 0 fully saturated rings. The van der Waals surface area contributed by atoms with Gasteiger partial charge in [0.05, 0.1) is 0 Å². The van der Waals surface area contributed by atoms with Crippen LogP contribution in [0.15, 0.2) is 65.7 Å². The SMILES string of the molecule is C=CCNc1ccc(NC(=O)c2cccc(Br)c2)cc1. The standard InChI is InChI=1S/C16H15BrN2O/c1-2-10-18-14-6-8-15(9-7-14)19-16(20)12-4-3-5-13(17)11-12/h2-9,11,18H,1,10H2,(H,19,20). The predicted molar refractivity (Wildman–Crippen MR) is 87.2 cm³/mol. The molecule has 4 heteroatoms. The maximum atomic E-state index is 12.1. The van der Waals surface area contributed by atoms with Crippen molar-refractivity contribution >= 4 is 33.2 Å². The predicted octanol–water partition coefficient (Wildman–Crippen LogP) is 4.30. The van der Waals surface area contributed by atoms with Crippen LogP contribution < -0.4 is 10.6 Å². The zero-order chi connectivity index (χ0) is 14.4. The van der Waals surface area contributed by atoms with Crippen LogP contribution in [0.4, 0.5) is 11.4 Å². The average molecular weight is 331 g/mol. The molecule has 102 valence electrons. The van der Waals surface area contributed by atoms with Crippen molar-refractivity contribution in [3.05, 3.63) is 71.2 Å². The van der Waals surface area contributed by atoms with Gasteiger partial charge in [-0.05, 0) is 42.5 Å². The Bertz CT molecular complexity index is 608. The molecule has 20 heavy (non-hydrogen) atoms. The summed E-state index contributed by atoms with van der Waals surface area (Å²) in [6.45, 7) is 4.36. The van der Waals surface area contributed by atoms with Gasteiger partial charge in [-0.25, -0.2) is 0 Å². The van der Waals surface area contributed by atoms with Crippen LogP contribution in [-0.4, -0.2) is 12.5 Å². The van der Waals surface area contributed by atoms with E-state index >= 15 is 0 Å². The van der Waals surface area contributed by atoms with Crippen molar-refractivity contribution in [2.24, 2.45) is 0 Å². The second kappa shape index (κ2) is 6.91. The van der Waals surface area contributed by atoms with Gasteiger partial charge < -0.3 is 10.6 Å². The molecular weight excluding hydrogens is 316 g/mol. The molecular formula is C16H15BrN2O. The fourth-order valence-electron chi connectivity index (χ4n) is 1.69. The van der Waals surface area contributed by atoms with Crippen LogP contribution >= 0.6 is 15.9 Å². The Morgan fingerprint density at radius 3 is 2.50 bits per heavy atom. The summed E-state index contributed by atoms with van der Waals surface area (Å²) in [6.07, 6.45) is 1.79. The van der Waals surface area contributed by atoms with Crippen molar-refractivity contribution < 1.29 is 4.79 Å². The fourth-order valence-corrected chi connectivity index (χ4v) is 2.09. The van der Waals surface area contributed by atoms with E-state index < -0.39 is 0 Å². The lowest BCUT2D eigenvalue weighted by molar-refractivity contribution is 0.102. The Labute approximate surface area is 126 Å². The molecule has 0 atom stereocenters. The number of benzene rings is 2. The van der Waals surface area contributed by atoms with Crippen LogP contribution in [0.3, 0.4) is 0 Å². The highest BCUT2D eigenvalue weighted by Crippen LogP contribution is 2.16. The highest BCUT2D eigenvalue weighted by molar-refractivity contribution is 9.10. The first-order chi connectivity index (χ1) is 9.69. The lowest BCUT2D eigenvalue weighted by Gasteiger charge is -2.07. The quantitative estimate of drug-likeness (QED) is 0.802. The van der Waals surface area contributed by atoms with E-state index in [2.05, 4.69) is 33.1 Å². The summed E-state index contributed by atoms with van der Waals surface area (Å²) < 4.78 is 0.883. The first-order valence-corrected chi connectivity index (χ1v) is 7.00. The van der Waals surface area contributed by atoms with E-state index in [0.717, 1.165) is 15.8 Å². The Balaban J connectivity index is 2.02. The maximum absolute atomic E-state index is 12.1. The van der Waals surface area contributed by atoms with Crippen LogP contribution in [0.1, 0.15) is 10.4 Å². The number of hydrogen-bond acceptors (Lipinski definition) is 2. The Kier molecular flexibility index (Phi) is 4.96. The molecule has 0 saturated carbocycles. The average Bonchev–Trinajstić information content (AvgIpc) is 2.46. The van der Waals surface area contributed by atoms with Gasteiger partial charge in [0, 0.05) is 28.0 Å². The van der Waals surface area contributed by atoms with Gasteiger partial charge in [-0.3, -0.25) is 4.79 Å². The van der Waals surface area contributed by atoms with Crippen molar-refractivity contribution in [1.82, 2.24) is 0 Å². The van der Waals surface area contributed by atoms with Gasteiger partial charge in [0.1, 0.15) is 0 Å². The van der Waals surface area contributed by atoms with Crippen molar-refractivity contribution in [2.75, 3.05) is 17.2 Å². The molecule has 0 aromatic heterocycles. The number of carbonyl (C=O) groups excluding carboxylic acids is 1. The van der Waals surface area contributed by atoms with Gasteiger partial charge in [0.2, 0.25) is 0 Å². The molecule has 0 aliphatic heterocycles. The summed E-state index contributed by atoms with van der Waals surface area (Å²) in [7, 11) is 0. The Hall–Kier alpha value is -2.07. The first-order valence-electron chi connectivity index (χ1n) is 6.21. The lowest BCUT2D eigenvalue weighted by Crippen LogP contribution is -2.11. The molecule has 3 nitrogen and oxygen atoms in total. The van der Waals surface area contributed by atoms with Gasteiger partial charge in [0.25, 0.3) is 5.91 Å². The van der Waals surface area contributed by atoms with E-state index in [-0.39, 0.29) is 5.91 Å². The van der Waals surface area contributed by atoms with Gasteiger partial charge in [-0.2, -0.15) is 0 Å². The molecule has 0 heterocycles. The fraction of sp³-hybridized carbons (Fsp3) is 0.0625. The molecule has 1 amide bonds. The third-order valence-corrected chi connectivity index (χ3v) is 3.17. The molecule has 0 bridgehead atoms. The van der Waals surface area contributed by atoms with Crippen molar-refractivity contribution in [3.63, 3.8) is 0 Å². The number of anilines is 2. The molecule has 0 spiro atoms. The number of hydrogen-bond donors (Lipinski definition) is 2. The molecule has 0 radical (unpaired) electrons. The zero-order valence-electron chi connectivity index (χ0n) is 10.9. The number of nitrogens with one attached hydrogen (secondary N) is 2. The smallest absolute Gasteiger partial charge is 0.255 e. The highest BCUT2D eigenvalue weighted by atomic mass is 79.9. The molecule has 2 aromatic carbocycles. The van der Waals surface area contributed by atoms with Gasteiger partial charge in [-0.1, -0.05) is 28.1 Å². The molecule has 2 aromatic rings. The minimum atomic E-state index is -0.127. The molecule has 0 saturated heterocycles. The molecule has 0 aliphatic rings. The van der Waals surface area contributed by atoms with Crippen molar-refractivity contribution in [3.8, 4) is 0 Å². The Morgan fingerprint density at radius 2 is 1.85 bits per heavy atom. The normalized spacial score (nSPS) is 9.85. The van der Waals surface area contributed by atoms with E-state index in [1.54, 1.807) is 18.2 Å². The first kappa shape index (κ1) is 14.3. The van der Waals surface area contributed by atoms with E-state index in [1.807, 2.05) is 36.4 Å². The third kappa shape index (κ3) is 3.96. The van der Waals surface area contributed by atoms with E-state index in [9.17, 15) is 4.79 Å². The van der Waals surface area contributed by atoms with Crippen molar-refractivity contribution in [2.45, 2.75) is 0 Å². The highest BCUT2D eigenvalue weighted by Gasteiger charge is 2.06. The number of rotatable bonds is 5. The third-order valence-electron chi connectivity index (χ3n) is 2.68.